The zero-order chi connectivity index (χ0) is 13.7. The summed E-state index contributed by atoms with van der Waals surface area (Å²) in [6, 6.07) is 5.52. The topological polar surface area (TPSA) is 35.5 Å². The molecule has 1 atom stereocenters. The number of benzene rings is 1. The average molecular weight is 262 g/mol. The second kappa shape index (κ2) is 6.60. The highest BCUT2D eigenvalue weighted by Gasteiger charge is 2.20. The van der Waals surface area contributed by atoms with Crippen LogP contribution < -0.4 is 9.47 Å². The van der Waals surface area contributed by atoms with E-state index >= 15 is 0 Å². The van der Waals surface area contributed by atoms with E-state index in [4.69, 9.17) is 9.47 Å². The smallest absolute Gasteiger partial charge is 0.166 e. The number of fused-ring (bicyclic) bond motifs is 1. The highest BCUT2D eigenvalue weighted by Crippen LogP contribution is 2.32. The zero-order valence-corrected chi connectivity index (χ0v) is 11.8. The molecule has 0 fully saturated rings. The molecule has 0 amide bonds. The third-order valence-corrected chi connectivity index (χ3v) is 3.60. The molecule has 0 saturated carbocycles. The summed E-state index contributed by atoms with van der Waals surface area (Å²) in [4.78, 5) is 12.5. The fourth-order valence-electron chi connectivity index (χ4n) is 2.40. The fourth-order valence-corrected chi connectivity index (χ4v) is 2.40. The Labute approximate surface area is 114 Å². The molecular weight excluding hydrogens is 240 g/mol. The van der Waals surface area contributed by atoms with Gasteiger partial charge in [-0.15, -0.1) is 0 Å². The maximum Gasteiger partial charge on any atom is 0.166 e. The molecule has 3 nitrogen and oxygen atoms in total. The Hall–Kier alpha value is -1.51. The van der Waals surface area contributed by atoms with Crippen molar-refractivity contribution in [2.75, 3.05) is 13.2 Å². The average Bonchev–Trinajstić information content (AvgIpc) is 2.47. The first-order valence-corrected chi connectivity index (χ1v) is 7.20. The van der Waals surface area contributed by atoms with E-state index in [-0.39, 0.29) is 11.7 Å². The lowest BCUT2D eigenvalue weighted by Crippen LogP contribution is -2.17. The number of Topliss-reactive ketones (excluding diaryl/α,β-unsaturated/α-hetero) is 1. The highest BCUT2D eigenvalue weighted by atomic mass is 16.6. The third-order valence-electron chi connectivity index (χ3n) is 3.60. The number of ether oxygens (including phenoxy) is 2. The van der Waals surface area contributed by atoms with Crippen molar-refractivity contribution >= 4 is 5.78 Å². The fraction of sp³-hybridized carbons (Fsp3) is 0.562. The third kappa shape index (κ3) is 3.28. The van der Waals surface area contributed by atoms with Gasteiger partial charge >= 0.3 is 0 Å². The van der Waals surface area contributed by atoms with E-state index in [2.05, 4.69) is 13.8 Å². The Morgan fingerprint density at radius 3 is 2.63 bits per heavy atom. The molecule has 2 rings (SSSR count). The van der Waals surface area contributed by atoms with Crippen LogP contribution in [0.15, 0.2) is 18.2 Å². The van der Waals surface area contributed by atoms with Crippen LogP contribution in [0, 0.1) is 5.92 Å². The van der Waals surface area contributed by atoms with Gasteiger partial charge in [-0.3, -0.25) is 4.79 Å². The van der Waals surface area contributed by atoms with Gasteiger partial charge in [-0.2, -0.15) is 0 Å². The summed E-state index contributed by atoms with van der Waals surface area (Å²) >= 11 is 0. The predicted octanol–water partition coefficient (Wildman–Crippen LogP) is 3.86. The molecule has 104 valence electrons. The molecule has 1 aliphatic rings. The maximum absolute atomic E-state index is 12.5. The standard InChI is InChI=1S/C16H22O3/c1-3-5-6-12(4-2)16(17)13-7-8-14-15(11-13)19-10-9-18-14/h7-8,11-12H,3-6,9-10H2,1-2H3. The van der Waals surface area contributed by atoms with Crippen molar-refractivity contribution in [3.8, 4) is 11.5 Å². The number of rotatable bonds is 6. The van der Waals surface area contributed by atoms with Gasteiger partial charge in [0.15, 0.2) is 17.3 Å². The van der Waals surface area contributed by atoms with Crippen LogP contribution in [0.4, 0.5) is 0 Å². The van der Waals surface area contributed by atoms with E-state index < -0.39 is 0 Å². The summed E-state index contributed by atoms with van der Waals surface area (Å²) in [6.45, 7) is 5.36. The van der Waals surface area contributed by atoms with Crippen LogP contribution in [0.2, 0.25) is 0 Å². The summed E-state index contributed by atoms with van der Waals surface area (Å²) in [7, 11) is 0. The van der Waals surface area contributed by atoms with E-state index in [1.54, 1.807) is 0 Å². The number of unbranched alkanes of at least 4 members (excludes halogenated alkanes) is 1. The normalized spacial score (nSPS) is 15.1. The first-order valence-electron chi connectivity index (χ1n) is 7.20. The Kier molecular flexibility index (Phi) is 4.83. The van der Waals surface area contributed by atoms with Crippen LogP contribution >= 0.6 is 0 Å². The molecule has 0 aliphatic carbocycles. The van der Waals surface area contributed by atoms with Crippen molar-refractivity contribution in [3.63, 3.8) is 0 Å². The van der Waals surface area contributed by atoms with E-state index in [0.29, 0.717) is 19.0 Å². The Balaban J connectivity index is 2.13. The number of ketones is 1. The SMILES string of the molecule is CCCCC(CC)C(=O)c1ccc2c(c1)OCCO2. The molecule has 19 heavy (non-hydrogen) atoms. The Morgan fingerprint density at radius 2 is 1.95 bits per heavy atom. The number of hydrogen-bond acceptors (Lipinski definition) is 3. The lowest BCUT2D eigenvalue weighted by molar-refractivity contribution is 0.0907. The Morgan fingerprint density at radius 1 is 1.21 bits per heavy atom. The van der Waals surface area contributed by atoms with Gasteiger partial charge in [0.2, 0.25) is 0 Å². The molecule has 1 aromatic carbocycles. The van der Waals surface area contributed by atoms with Gasteiger partial charge in [0.25, 0.3) is 0 Å². The lowest BCUT2D eigenvalue weighted by Gasteiger charge is -2.20. The molecule has 1 unspecified atom stereocenters. The van der Waals surface area contributed by atoms with Crippen molar-refractivity contribution in [1.82, 2.24) is 0 Å². The number of carbonyl (C=O) groups excluding carboxylic acids is 1. The summed E-state index contributed by atoms with van der Waals surface area (Å²) in [6.07, 6.45) is 4.10. The summed E-state index contributed by atoms with van der Waals surface area (Å²) in [5, 5.41) is 0. The molecule has 1 heterocycles. The van der Waals surface area contributed by atoms with Gasteiger partial charge in [-0.1, -0.05) is 26.7 Å². The summed E-state index contributed by atoms with van der Waals surface area (Å²) in [5.41, 5.74) is 0.743. The van der Waals surface area contributed by atoms with Gasteiger partial charge in [-0.25, -0.2) is 0 Å². The lowest BCUT2D eigenvalue weighted by atomic mass is 9.90. The minimum Gasteiger partial charge on any atom is -0.486 e. The molecule has 0 aromatic heterocycles. The van der Waals surface area contributed by atoms with Crippen LogP contribution in [0.3, 0.4) is 0 Å². The van der Waals surface area contributed by atoms with E-state index in [1.165, 1.54) is 0 Å². The van der Waals surface area contributed by atoms with Gasteiger partial charge in [-0.05, 0) is 31.0 Å². The first kappa shape index (κ1) is 13.9. The monoisotopic (exact) mass is 262 g/mol. The number of carbonyl (C=O) groups is 1. The van der Waals surface area contributed by atoms with Crippen LogP contribution in [-0.2, 0) is 0 Å². The van der Waals surface area contributed by atoms with Gasteiger partial charge in [0, 0.05) is 11.5 Å². The largest absolute Gasteiger partial charge is 0.486 e. The summed E-state index contributed by atoms with van der Waals surface area (Å²) < 4.78 is 11.0. The molecule has 1 aromatic rings. The van der Waals surface area contributed by atoms with Crippen LogP contribution in [0.1, 0.15) is 49.9 Å². The maximum atomic E-state index is 12.5. The predicted molar refractivity (Wildman–Crippen MR) is 75.1 cm³/mol. The van der Waals surface area contributed by atoms with Gasteiger partial charge in [0.05, 0.1) is 0 Å². The molecule has 1 aliphatic heterocycles. The van der Waals surface area contributed by atoms with Crippen molar-refractivity contribution in [3.05, 3.63) is 23.8 Å². The summed E-state index contributed by atoms with van der Waals surface area (Å²) in [5.74, 6) is 1.79. The quantitative estimate of drug-likeness (QED) is 0.730. The molecule has 0 radical (unpaired) electrons. The molecule has 0 N–H and O–H groups in total. The minimum atomic E-state index is 0.127. The second-order valence-corrected chi connectivity index (χ2v) is 4.97. The van der Waals surface area contributed by atoms with Crippen LogP contribution in [0.25, 0.3) is 0 Å². The minimum absolute atomic E-state index is 0.127. The Bertz CT molecular complexity index is 440. The first-order chi connectivity index (χ1) is 9.26. The molecule has 0 saturated heterocycles. The van der Waals surface area contributed by atoms with Crippen molar-refractivity contribution in [2.45, 2.75) is 39.5 Å². The van der Waals surface area contributed by atoms with Gasteiger partial charge < -0.3 is 9.47 Å². The second-order valence-electron chi connectivity index (χ2n) is 4.97. The van der Waals surface area contributed by atoms with Crippen LogP contribution in [-0.4, -0.2) is 19.0 Å². The molecular formula is C16H22O3. The molecule has 3 heteroatoms. The zero-order valence-electron chi connectivity index (χ0n) is 11.8. The molecule has 0 bridgehead atoms. The van der Waals surface area contributed by atoms with Crippen molar-refractivity contribution < 1.29 is 14.3 Å². The van der Waals surface area contributed by atoms with Gasteiger partial charge in [0.1, 0.15) is 13.2 Å². The van der Waals surface area contributed by atoms with Crippen molar-refractivity contribution in [2.24, 2.45) is 5.92 Å². The van der Waals surface area contributed by atoms with E-state index in [1.807, 2.05) is 18.2 Å². The van der Waals surface area contributed by atoms with E-state index in [0.717, 1.165) is 37.0 Å². The molecule has 0 spiro atoms. The van der Waals surface area contributed by atoms with Crippen molar-refractivity contribution in [1.29, 1.82) is 0 Å². The number of hydrogen-bond donors (Lipinski definition) is 0. The van der Waals surface area contributed by atoms with E-state index in [9.17, 15) is 4.79 Å². The van der Waals surface area contributed by atoms with Crippen LogP contribution in [0.5, 0.6) is 11.5 Å². The highest BCUT2D eigenvalue weighted by molar-refractivity contribution is 5.98.